The van der Waals surface area contributed by atoms with E-state index in [0.29, 0.717) is 35.5 Å². The summed E-state index contributed by atoms with van der Waals surface area (Å²) in [7, 11) is -0.732. The van der Waals surface area contributed by atoms with Gasteiger partial charge in [0.2, 0.25) is 0 Å². The van der Waals surface area contributed by atoms with E-state index in [1.54, 1.807) is 6.07 Å². The Hall–Kier alpha value is -1.80. The number of methoxy groups -OCH3 is 2. The van der Waals surface area contributed by atoms with Crippen LogP contribution in [0.3, 0.4) is 0 Å². The molecule has 0 amide bonds. The van der Waals surface area contributed by atoms with Crippen LogP contribution in [0.25, 0.3) is 0 Å². The lowest BCUT2D eigenvalue weighted by atomic mass is 9.98. The first-order chi connectivity index (χ1) is 10.8. The van der Waals surface area contributed by atoms with Gasteiger partial charge in [0.15, 0.2) is 17.6 Å². The highest BCUT2D eigenvalue weighted by Crippen LogP contribution is 2.42. The summed E-state index contributed by atoms with van der Waals surface area (Å²) >= 11 is 0. The van der Waals surface area contributed by atoms with Gasteiger partial charge in [-0.2, -0.15) is 8.42 Å². The molecule has 0 radical (unpaired) electrons. The van der Waals surface area contributed by atoms with Crippen LogP contribution in [0.4, 0.5) is 0 Å². The lowest BCUT2D eigenvalue weighted by molar-refractivity contribution is -0.000754. The van der Waals surface area contributed by atoms with Gasteiger partial charge in [0.05, 0.1) is 26.0 Å². The van der Waals surface area contributed by atoms with Crippen molar-refractivity contribution in [3.05, 3.63) is 23.3 Å². The number of hydrogen-bond acceptors (Lipinski definition) is 7. The Balaban J connectivity index is 2.46. The Bertz CT molecular complexity index is 696. The minimum Gasteiger partial charge on any atom is -0.493 e. The summed E-state index contributed by atoms with van der Waals surface area (Å²) in [5, 5.41) is 0. The van der Waals surface area contributed by atoms with Gasteiger partial charge in [0.25, 0.3) is 10.1 Å². The number of carbonyl (C=O) groups is 1. The Morgan fingerprint density at radius 3 is 2.35 bits per heavy atom. The molecule has 0 saturated carbocycles. The van der Waals surface area contributed by atoms with Crippen molar-refractivity contribution in [3.8, 4) is 11.5 Å². The van der Waals surface area contributed by atoms with Crippen LogP contribution in [-0.4, -0.2) is 41.0 Å². The number of ether oxygens (including phenoxy) is 3. The van der Waals surface area contributed by atoms with Crippen LogP contribution < -0.4 is 9.47 Å². The minimum absolute atomic E-state index is 0.325. The number of fused-ring (bicyclic) bond motifs is 1. The van der Waals surface area contributed by atoms with Crippen LogP contribution in [0, 0.1) is 0 Å². The molecule has 0 saturated heterocycles. The molecule has 7 nitrogen and oxygen atoms in total. The standard InChI is InChI=1S/C15H20O7S/c1-5-6-11(22-23(4,17)18)14-9-7-12(19-2)13(20-3)8-10(9)15(16)21-14/h7-8,11,14H,5-6H2,1-4H3. The molecule has 1 heterocycles. The quantitative estimate of drug-likeness (QED) is 0.552. The molecular formula is C15H20O7S. The maximum absolute atomic E-state index is 12.1. The fourth-order valence-electron chi connectivity index (χ4n) is 2.58. The van der Waals surface area contributed by atoms with Crippen molar-refractivity contribution in [1.82, 2.24) is 0 Å². The van der Waals surface area contributed by atoms with Crippen molar-refractivity contribution in [2.45, 2.75) is 32.0 Å². The fraction of sp³-hybridized carbons (Fsp3) is 0.533. The van der Waals surface area contributed by atoms with Crippen LogP contribution in [0.1, 0.15) is 41.8 Å². The SMILES string of the molecule is CCCC(OS(C)(=O)=O)C1OC(=O)c2cc(OC)c(OC)cc21. The van der Waals surface area contributed by atoms with Gasteiger partial charge in [0, 0.05) is 5.56 Å². The van der Waals surface area contributed by atoms with E-state index in [0.717, 1.165) is 6.26 Å². The highest BCUT2D eigenvalue weighted by atomic mass is 32.2. The minimum atomic E-state index is -3.68. The molecule has 2 atom stereocenters. The van der Waals surface area contributed by atoms with Gasteiger partial charge in [-0.25, -0.2) is 4.79 Å². The molecule has 128 valence electrons. The summed E-state index contributed by atoms with van der Waals surface area (Å²) in [6.45, 7) is 1.89. The number of cyclic esters (lactones) is 1. The molecule has 0 aliphatic carbocycles. The molecule has 23 heavy (non-hydrogen) atoms. The Morgan fingerprint density at radius 2 is 1.83 bits per heavy atom. The molecule has 2 unspecified atom stereocenters. The average Bonchev–Trinajstić information content (AvgIpc) is 2.80. The van der Waals surface area contributed by atoms with Crippen molar-refractivity contribution in [2.75, 3.05) is 20.5 Å². The van der Waals surface area contributed by atoms with Crippen molar-refractivity contribution in [3.63, 3.8) is 0 Å². The van der Waals surface area contributed by atoms with E-state index in [1.165, 1.54) is 20.3 Å². The van der Waals surface area contributed by atoms with Gasteiger partial charge in [-0.05, 0) is 18.6 Å². The maximum atomic E-state index is 12.1. The highest BCUT2D eigenvalue weighted by Gasteiger charge is 2.39. The van der Waals surface area contributed by atoms with E-state index in [-0.39, 0.29) is 0 Å². The summed E-state index contributed by atoms with van der Waals surface area (Å²) in [5.41, 5.74) is 0.862. The highest BCUT2D eigenvalue weighted by molar-refractivity contribution is 7.86. The molecule has 2 rings (SSSR count). The molecule has 0 aromatic heterocycles. The topological polar surface area (TPSA) is 88.1 Å². The zero-order valence-electron chi connectivity index (χ0n) is 13.5. The van der Waals surface area contributed by atoms with Crippen LogP contribution >= 0.6 is 0 Å². The Morgan fingerprint density at radius 1 is 1.22 bits per heavy atom. The van der Waals surface area contributed by atoms with Gasteiger partial charge in [-0.15, -0.1) is 0 Å². The molecular weight excluding hydrogens is 324 g/mol. The third-order valence-electron chi connectivity index (χ3n) is 3.53. The second-order valence-electron chi connectivity index (χ2n) is 5.25. The average molecular weight is 344 g/mol. The Kier molecular flexibility index (Phi) is 5.16. The summed E-state index contributed by atoms with van der Waals surface area (Å²) in [6, 6.07) is 3.15. The van der Waals surface area contributed by atoms with E-state index in [2.05, 4.69) is 0 Å². The van der Waals surface area contributed by atoms with Crippen molar-refractivity contribution in [1.29, 1.82) is 0 Å². The van der Waals surface area contributed by atoms with E-state index in [9.17, 15) is 13.2 Å². The molecule has 1 aliphatic heterocycles. The largest absolute Gasteiger partial charge is 0.493 e. The molecule has 0 bridgehead atoms. The maximum Gasteiger partial charge on any atom is 0.339 e. The summed E-state index contributed by atoms with van der Waals surface area (Å²) in [5.74, 6) is 0.299. The van der Waals surface area contributed by atoms with Gasteiger partial charge in [-0.1, -0.05) is 13.3 Å². The van der Waals surface area contributed by atoms with Gasteiger partial charge in [-0.3, -0.25) is 4.18 Å². The van der Waals surface area contributed by atoms with Crippen LogP contribution in [0.5, 0.6) is 11.5 Å². The van der Waals surface area contributed by atoms with E-state index < -0.39 is 28.3 Å². The van der Waals surface area contributed by atoms with Gasteiger partial charge in [0.1, 0.15) is 6.10 Å². The molecule has 0 fully saturated rings. The van der Waals surface area contributed by atoms with Crippen molar-refractivity contribution < 1.29 is 31.6 Å². The van der Waals surface area contributed by atoms with Crippen LogP contribution in [0.2, 0.25) is 0 Å². The third-order valence-corrected chi connectivity index (χ3v) is 4.12. The van der Waals surface area contributed by atoms with E-state index >= 15 is 0 Å². The molecule has 0 spiro atoms. The molecule has 8 heteroatoms. The fourth-order valence-corrected chi connectivity index (χ4v) is 3.23. The van der Waals surface area contributed by atoms with Crippen LogP contribution in [0.15, 0.2) is 12.1 Å². The second kappa shape index (κ2) is 6.76. The Labute approximate surface area is 135 Å². The first-order valence-corrected chi connectivity index (χ1v) is 8.97. The zero-order valence-corrected chi connectivity index (χ0v) is 14.3. The van der Waals surface area contributed by atoms with E-state index in [4.69, 9.17) is 18.4 Å². The molecule has 1 aromatic rings. The predicted molar refractivity (Wildman–Crippen MR) is 82.3 cm³/mol. The molecule has 1 aliphatic rings. The van der Waals surface area contributed by atoms with Crippen molar-refractivity contribution >= 4 is 16.1 Å². The monoisotopic (exact) mass is 344 g/mol. The number of hydrogen-bond donors (Lipinski definition) is 0. The number of benzene rings is 1. The third kappa shape index (κ3) is 3.76. The number of rotatable bonds is 7. The van der Waals surface area contributed by atoms with Gasteiger partial charge >= 0.3 is 5.97 Å². The lowest BCUT2D eigenvalue weighted by Crippen LogP contribution is -2.25. The number of esters is 1. The molecule has 0 N–H and O–H groups in total. The summed E-state index contributed by atoms with van der Waals surface area (Å²) < 4.78 is 43.8. The first kappa shape index (κ1) is 17.6. The lowest BCUT2D eigenvalue weighted by Gasteiger charge is -2.22. The summed E-state index contributed by atoms with van der Waals surface area (Å²) in [4.78, 5) is 12.1. The van der Waals surface area contributed by atoms with Gasteiger partial charge < -0.3 is 14.2 Å². The molecule has 1 aromatic carbocycles. The van der Waals surface area contributed by atoms with Crippen molar-refractivity contribution in [2.24, 2.45) is 0 Å². The van der Waals surface area contributed by atoms with Crippen LogP contribution in [-0.2, 0) is 19.0 Å². The van der Waals surface area contributed by atoms with E-state index in [1.807, 2.05) is 6.92 Å². The number of carbonyl (C=O) groups excluding carboxylic acids is 1. The second-order valence-corrected chi connectivity index (χ2v) is 6.85. The predicted octanol–water partition coefficient (Wildman–Crippen LogP) is 2.06. The normalized spacial score (nSPS) is 18.3. The zero-order chi connectivity index (χ0) is 17.2. The first-order valence-electron chi connectivity index (χ1n) is 7.15. The summed E-state index contributed by atoms with van der Waals surface area (Å²) in [6.07, 6.45) is 0.503. The smallest absolute Gasteiger partial charge is 0.339 e.